The number of nitrogens with zero attached hydrogens (tertiary/aromatic N) is 9. The molecule has 10 heteroatoms. The Bertz CT molecular complexity index is 1230. The van der Waals surface area contributed by atoms with Crippen molar-refractivity contribution in [3.63, 3.8) is 0 Å². The average Bonchev–Trinajstić information content (AvgIpc) is 3.59. The lowest BCUT2D eigenvalue weighted by Crippen LogP contribution is -2.57. The van der Waals surface area contributed by atoms with Crippen LogP contribution in [0.4, 0.5) is 17.2 Å². The third-order valence-electron chi connectivity index (χ3n) is 5.66. The second kappa shape index (κ2) is 6.94. The number of hydrogen-bond donors (Lipinski definition) is 1. The Kier molecular flexibility index (Phi) is 3.95. The van der Waals surface area contributed by atoms with Crippen molar-refractivity contribution in [2.45, 2.75) is 25.6 Å². The van der Waals surface area contributed by atoms with Crippen LogP contribution >= 0.6 is 0 Å². The minimum atomic E-state index is -0.00597. The number of anilines is 3. The molecule has 1 N–H and O–H groups in total. The molecular weight excluding hydrogens is 392 g/mol. The maximum atomic E-state index is 4.95. The molecule has 1 aromatic carbocycles. The van der Waals surface area contributed by atoms with Gasteiger partial charge in [0.15, 0.2) is 5.82 Å². The Hall–Kier alpha value is -4.21. The summed E-state index contributed by atoms with van der Waals surface area (Å²) in [5.74, 6) is 1.40. The quantitative estimate of drug-likeness (QED) is 0.550. The third kappa shape index (κ3) is 2.75. The molecule has 3 aromatic heterocycles. The van der Waals surface area contributed by atoms with Gasteiger partial charge in [0, 0.05) is 30.5 Å². The van der Waals surface area contributed by atoms with Crippen LogP contribution in [0.1, 0.15) is 13.3 Å². The average molecular weight is 412 g/mol. The van der Waals surface area contributed by atoms with E-state index in [2.05, 4.69) is 54.5 Å². The topological polar surface area (TPSA) is 92.3 Å². The van der Waals surface area contributed by atoms with Gasteiger partial charge in [0.1, 0.15) is 24.5 Å². The van der Waals surface area contributed by atoms with Gasteiger partial charge in [-0.1, -0.05) is 13.0 Å². The molecule has 0 radical (unpaired) electrons. The van der Waals surface area contributed by atoms with Gasteiger partial charge in [-0.05, 0) is 30.7 Å². The molecule has 2 unspecified atom stereocenters. The molecule has 2 aliphatic heterocycles. The summed E-state index contributed by atoms with van der Waals surface area (Å²) in [5, 5.41) is 8.70. The molecule has 2 aliphatic rings. The number of benzene rings is 1. The van der Waals surface area contributed by atoms with Crippen LogP contribution in [-0.2, 0) is 0 Å². The second-order valence-electron chi connectivity index (χ2n) is 7.39. The zero-order valence-electron chi connectivity index (χ0n) is 16.8. The second-order valence-corrected chi connectivity index (χ2v) is 7.39. The molecule has 0 saturated carbocycles. The summed E-state index contributed by atoms with van der Waals surface area (Å²) >= 11 is 0. The Morgan fingerprint density at radius 2 is 2.03 bits per heavy atom. The minimum Gasteiger partial charge on any atom is -0.317 e. The van der Waals surface area contributed by atoms with Crippen molar-refractivity contribution in [3.8, 4) is 11.6 Å². The first kappa shape index (κ1) is 17.6. The van der Waals surface area contributed by atoms with Crippen molar-refractivity contribution in [3.05, 3.63) is 67.6 Å². The highest BCUT2D eigenvalue weighted by Gasteiger charge is 2.42. The lowest BCUT2D eigenvalue weighted by Gasteiger charge is -2.44. The maximum absolute atomic E-state index is 4.95. The fourth-order valence-corrected chi connectivity index (χ4v) is 4.23. The minimum absolute atomic E-state index is 0.00597. The lowest BCUT2D eigenvalue weighted by molar-refractivity contribution is 0.442. The number of aromatic nitrogens is 6. The molecule has 31 heavy (non-hydrogen) atoms. The van der Waals surface area contributed by atoms with Crippen LogP contribution in [0.3, 0.4) is 0 Å². The van der Waals surface area contributed by atoms with Crippen molar-refractivity contribution in [1.29, 1.82) is 0 Å². The molecule has 0 aliphatic carbocycles. The number of nitrogens with one attached hydrogen (secondary N) is 1. The SMILES string of the molecule is CCC1C2NN=CN2c2cnc(-n3ccnc3)nc2N1c1cccc(-n2cccn2)c1. The van der Waals surface area contributed by atoms with Gasteiger partial charge in [0.25, 0.3) is 0 Å². The van der Waals surface area contributed by atoms with E-state index >= 15 is 0 Å². The van der Waals surface area contributed by atoms with Crippen molar-refractivity contribution in [2.75, 3.05) is 9.80 Å². The summed E-state index contributed by atoms with van der Waals surface area (Å²) in [6, 6.07) is 10.3. The molecule has 0 fully saturated rings. The lowest BCUT2D eigenvalue weighted by atomic mass is 10.0. The van der Waals surface area contributed by atoms with E-state index < -0.39 is 0 Å². The van der Waals surface area contributed by atoms with Crippen LogP contribution < -0.4 is 15.2 Å². The Balaban J connectivity index is 1.53. The zero-order chi connectivity index (χ0) is 20.8. The number of rotatable bonds is 4. The molecule has 0 saturated heterocycles. The number of hydrazone groups is 1. The van der Waals surface area contributed by atoms with Gasteiger partial charge in [-0.15, -0.1) is 0 Å². The first-order valence-corrected chi connectivity index (χ1v) is 10.2. The van der Waals surface area contributed by atoms with Crippen LogP contribution in [0.2, 0.25) is 0 Å². The van der Waals surface area contributed by atoms with E-state index in [0.29, 0.717) is 5.95 Å². The summed E-state index contributed by atoms with van der Waals surface area (Å²) in [5.41, 5.74) is 6.17. The molecule has 2 atom stereocenters. The monoisotopic (exact) mass is 412 g/mol. The summed E-state index contributed by atoms with van der Waals surface area (Å²) in [6.45, 7) is 2.18. The highest BCUT2D eigenvalue weighted by atomic mass is 15.5. The van der Waals surface area contributed by atoms with Crippen molar-refractivity contribution >= 4 is 23.5 Å². The van der Waals surface area contributed by atoms with Crippen LogP contribution in [0, 0.1) is 0 Å². The Labute approximate surface area is 178 Å². The van der Waals surface area contributed by atoms with Gasteiger partial charge in [0.2, 0.25) is 5.95 Å². The standard InChI is InChI=1S/C21H20N10/c1-2-17-20-27-24-14-29(20)18-12-23-21(28-10-8-22-13-28)26-19(18)31(17)16-6-3-5-15(11-16)30-9-4-7-25-30/h3-14,17,20,27H,2H2,1H3. The van der Waals surface area contributed by atoms with E-state index in [1.165, 1.54) is 0 Å². The number of fused-ring (bicyclic) bond motifs is 3. The summed E-state index contributed by atoms with van der Waals surface area (Å²) in [4.78, 5) is 18.0. The summed E-state index contributed by atoms with van der Waals surface area (Å²) in [6.07, 6.45) is 13.5. The van der Waals surface area contributed by atoms with Crippen molar-refractivity contribution in [2.24, 2.45) is 5.10 Å². The van der Waals surface area contributed by atoms with E-state index in [1.807, 2.05) is 52.4 Å². The predicted molar refractivity (Wildman–Crippen MR) is 117 cm³/mol. The van der Waals surface area contributed by atoms with E-state index in [0.717, 1.165) is 29.3 Å². The molecule has 0 amide bonds. The zero-order valence-corrected chi connectivity index (χ0v) is 16.8. The Morgan fingerprint density at radius 1 is 1.10 bits per heavy atom. The first-order valence-electron chi connectivity index (χ1n) is 10.2. The van der Waals surface area contributed by atoms with Crippen LogP contribution in [0.5, 0.6) is 0 Å². The van der Waals surface area contributed by atoms with Gasteiger partial charge in [-0.25, -0.2) is 14.6 Å². The third-order valence-corrected chi connectivity index (χ3v) is 5.66. The largest absolute Gasteiger partial charge is 0.317 e. The smallest absolute Gasteiger partial charge is 0.236 e. The number of imidazole rings is 1. The van der Waals surface area contributed by atoms with E-state index in [-0.39, 0.29) is 12.2 Å². The van der Waals surface area contributed by atoms with Gasteiger partial charge in [-0.3, -0.25) is 9.99 Å². The van der Waals surface area contributed by atoms with Crippen LogP contribution in [-0.4, -0.2) is 47.8 Å². The maximum Gasteiger partial charge on any atom is 0.236 e. The molecule has 5 heterocycles. The van der Waals surface area contributed by atoms with E-state index in [4.69, 9.17) is 4.98 Å². The van der Waals surface area contributed by atoms with Crippen molar-refractivity contribution in [1.82, 2.24) is 34.7 Å². The Morgan fingerprint density at radius 3 is 2.84 bits per heavy atom. The normalized spacial score (nSPS) is 19.3. The molecule has 154 valence electrons. The predicted octanol–water partition coefficient (Wildman–Crippen LogP) is 2.46. The molecule has 0 bridgehead atoms. The highest BCUT2D eigenvalue weighted by molar-refractivity contribution is 5.91. The van der Waals surface area contributed by atoms with Gasteiger partial charge in [0.05, 0.1) is 17.9 Å². The fraction of sp³-hybridized carbons (Fsp3) is 0.190. The van der Waals surface area contributed by atoms with Gasteiger partial charge in [-0.2, -0.15) is 15.2 Å². The van der Waals surface area contributed by atoms with E-state index in [9.17, 15) is 0 Å². The summed E-state index contributed by atoms with van der Waals surface area (Å²) in [7, 11) is 0. The van der Waals surface area contributed by atoms with E-state index in [1.54, 1.807) is 18.7 Å². The first-order chi connectivity index (χ1) is 15.3. The molecular formula is C21H20N10. The highest BCUT2D eigenvalue weighted by Crippen LogP contribution is 2.42. The van der Waals surface area contributed by atoms with Crippen LogP contribution in [0.15, 0.2) is 72.7 Å². The molecule has 6 rings (SSSR count). The number of hydrogen-bond acceptors (Lipinski definition) is 8. The molecule has 0 spiro atoms. The van der Waals surface area contributed by atoms with Crippen molar-refractivity contribution < 1.29 is 0 Å². The fourth-order valence-electron chi connectivity index (χ4n) is 4.23. The molecule has 10 nitrogen and oxygen atoms in total. The van der Waals surface area contributed by atoms with Gasteiger partial charge < -0.3 is 9.80 Å². The molecule has 4 aromatic rings. The summed E-state index contributed by atoms with van der Waals surface area (Å²) < 4.78 is 3.66. The van der Waals surface area contributed by atoms with Gasteiger partial charge >= 0.3 is 0 Å². The van der Waals surface area contributed by atoms with Crippen LogP contribution in [0.25, 0.3) is 11.6 Å².